The number of ether oxygens (including phenoxy) is 2. The highest BCUT2D eigenvalue weighted by Gasteiger charge is 2.21. The maximum Gasteiger partial charge on any atom is 0.310 e. The first-order valence-corrected chi connectivity index (χ1v) is 8.00. The van der Waals surface area contributed by atoms with Gasteiger partial charge in [0.25, 0.3) is 0 Å². The maximum absolute atomic E-state index is 12.6. The van der Waals surface area contributed by atoms with E-state index in [-0.39, 0.29) is 17.8 Å². The normalized spacial score (nSPS) is 11.7. The molecular formula is C18H27NO4. The average Bonchev–Trinajstić information content (AvgIpc) is 2.58. The van der Waals surface area contributed by atoms with Gasteiger partial charge < -0.3 is 14.4 Å². The molecule has 5 heteroatoms. The number of esters is 1. The van der Waals surface area contributed by atoms with Crippen molar-refractivity contribution < 1.29 is 19.1 Å². The van der Waals surface area contributed by atoms with Crippen LogP contribution in [0.1, 0.15) is 32.3 Å². The van der Waals surface area contributed by atoms with Gasteiger partial charge in [-0.05, 0) is 24.1 Å². The molecule has 0 aliphatic heterocycles. The van der Waals surface area contributed by atoms with Crippen molar-refractivity contribution in [2.45, 2.75) is 33.1 Å². The predicted octanol–water partition coefficient (Wildman–Crippen LogP) is 2.68. The zero-order chi connectivity index (χ0) is 17.2. The van der Waals surface area contributed by atoms with E-state index in [9.17, 15) is 9.59 Å². The number of carbonyl (C=O) groups excluding carboxylic acids is 2. The fourth-order valence-corrected chi connectivity index (χ4v) is 2.30. The number of rotatable bonds is 9. The van der Waals surface area contributed by atoms with Crippen molar-refractivity contribution in [3.05, 3.63) is 29.8 Å². The van der Waals surface area contributed by atoms with Crippen molar-refractivity contribution in [2.24, 2.45) is 5.92 Å². The fraction of sp³-hybridized carbons (Fsp3) is 0.556. The van der Waals surface area contributed by atoms with E-state index in [0.717, 1.165) is 24.2 Å². The third-order valence-electron chi connectivity index (χ3n) is 3.75. The SMILES string of the molecule is CCCCN(CC(C)C(=O)OC)C(=O)Cc1ccc(OC)cc1. The molecule has 0 N–H and O–H groups in total. The highest BCUT2D eigenvalue weighted by atomic mass is 16.5. The summed E-state index contributed by atoms with van der Waals surface area (Å²) in [7, 11) is 2.98. The topological polar surface area (TPSA) is 55.8 Å². The lowest BCUT2D eigenvalue weighted by atomic mass is 10.1. The molecule has 0 spiro atoms. The minimum absolute atomic E-state index is 0.0272. The lowest BCUT2D eigenvalue weighted by Gasteiger charge is -2.25. The largest absolute Gasteiger partial charge is 0.497 e. The molecule has 1 unspecified atom stereocenters. The van der Waals surface area contributed by atoms with Gasteiger partial charge in [-0.1, -0.05) is 32.4 Å². The summed E-state index contributed by atoms with van der Waals surface area (Å²) in [6.07, 6.45) is 2.24. The number of hydrogen-bond donors (Lipinski definition) is 0. The number of carbonyl (C=O) groups is 2. The van der Waals surface area contributed by atoms with Crippen LogP contribution >= 0.6 is 0 Å². The van der Waals surface area contributed by atoms with Crippen LogP contribution in [-0.2, 0) is 20.7 Å². The third kappa shape index (κ3) is 6.30. The average molecular weight is 321 g/mol. The third-order valence-corrected chi connectivity index (χ3v) is 3.75. The van der Waals surface area contributed by atoms with Gasteiger partial charge in [-0.2, -0.15) is 0 Å². The second kappa shape index (κ2) is 9.87. The van der Waals surface area contributed by atoms with E-state index >= 15 is 0 Å². The van der Waals surface area contributed by atoms with Crippen LogP contribution in [0.2, 0.25) is 0 Å². The first-order chi connectivity index (χ1) is 11.0. The van der Waals surface area contributed by atoms with E-state index in [0.29, 0.717) is 19.5 Å². The lowest BCUT2D eigenvalue weighted by Crippen LogP contribution is -2.38. The molecule has 0 saturated carbocycles. The molecular weight excluding hydrogens is 294 g/mol. The summed E-state index contributed by atoms with van der Waals surface area (Å²) < 4.78 is 9.87. The zero-order valence-corrected chi connectivity index (χ0v) is 14.5. The van der Waals surface area contributed by atoms with Crippen molar-refractivity contribution in [1.29, 1.82) is 0 Å². The summed E-state index contributed by atoms with van der Waals surface area (Å²) in [6, 6.07) is 7.46. The highest BCUT2D eigenvalue weighted by molar-refractivity contribution is 5.80. The molecule has 0 aromatic heterocycles. The van der Waals surface area contributed by atoms with Crippen LogP contribution in [-0.4, -0.2) is 44.1 Å². The molecule has 0 radical (unpaired) electrons. The molecule has 1 aromatic rings. The molecule has 0 fully saturated rings. The Morgan fingerprint density at radius 1 is 1.17 bits per heavy atom. The standard InChI is InChI=1S/C18H27NO4/c1-5-6-11-19(13-14(2)18(21)23-4)17(20)12-15-7-9-16(22-3)10-8-15/h7-10,14H,5-6,11-13H2,1-4H3. The Bertz CT molecular complexity index is 498. The van der Waals surface area contributed by atoms with Crippen LogP contribution in [0.3, 0.4) is 0 Å². The molecule has 0 aliphatic rings. The molecule has 1 atom stereocenters. The Balaban J connectivity index is 2.71. The van der Waals surface area contributed by atoms with E-state index in [4.69, 9.17) is 9.47 Å². The van der Waals surface area contributed by atoms with Crippen LogP contribution in [0.15, 0.2) is 24.3 Å². The maximum atomic E-state index is 12.6. The molecule has 0 bridgehead atoms. The molecule has 1 amide bonds. The van der Waals surface area contributed by atoms with Crippen LogP contribution in [0, 0.1) is 5.92 Å². The molecule has 5 nitrogen and oxygen atoms in total. The van der Waals surface area contributed by atoms with Crippen molar-refractivity contribution in [3.63, 3.8) is 0 Å². The smallest absolute Gasteiger partial charge is 0.310 e. The quantitative estimate of drug-likeness (QED) is 0.656. The minimum Gasteiger partial charge on any atom is -0.497 e. The van der Waals surface area contributed by atoms with Crippen LogP contribution in [0.25, 0.3) is 0 Å². The van der Waals surface area contributed by atoms with E-state index in [2.05, 4.69) is 6.92 Å². The molecule has 23 heavy (non-hydrogen) atoms. The molecule has 0 saturated heterocycles. The van der Waals surface area contributed by atoms with Crippen LogP contribution < -0.4 is 4.74 Å². The van der Waals surface area contributed by atoms with Gasteiger partial charge in [0.1, 0.15) is 5.75 Å². The summed E-state index contributed by atoms with van der Waals surface area (Å²) in [5.74, 6) is 0.183. The number of hydrogen-bond acceptors (Lipinski definition) is 4. The van der Waals surface area contributed by atoms with E-state index < -0.39 is 0 Å². The summed E-state index contributed by atoms with van der Waals surface area (Å²) in [5, 5.41) is 0. The summed E-state index contributed by atoms with van der Waals surface area (Å²) in [4.78, 5) is 25.9. The van der Waals surface area contributed by atoms with E-state index in [1.807, 2.05) is 24.3 Å². The Labute approximate surface area is 138 Å². The first kappa shape index (κ1) is 19.0. The number of amides is 1. The Kier molecular flexibility index (Phi) is 8.16. The van der Waals surface area contributed by atoms with Crippen molar-refractivity contribution >= 4 is 11.9 Å². The lowest BCUT2D eigenvalue weighted by molar-refractivity contribution is -0.146. The molecule has 0 heterocycles. The molecule has 1 aromatic carbocycles. The van der Waals surface area contributed by atoms with Gasteiger partial charge in [0.2, 0.25) is 5.91 Å². The summed E-state index contributed by atoms with van der Waals surface area (Å²) in [6.45, 7) is 4.91. The Hall–Kier alpha value is -2.04. The van der Waals surface area contributed by atoms with Gasteiger partial charge in [-0.25, -0.2) is 0 Å². The molecule has 0 aliphatic carbocycles. The monoisotopic (exact) mass is 321 g/mol. The van der Waals surface area contributed by atoms with Crippen LogP contribution in [0.5, 0.6) is 5.75 Å². The van der Waals surface area contributed by atoms with Gasteiger partial charge in [-0.15, -0.1) is 0 Å². The summed E-state index contributed by atoms with van der Waals surface area (Å²) >= 11 is 0. The van der Waals surface area contributed by atoms with Gasteiger partial charge in [-0.3, -0.25) is 9.59 Å². The second-order valence-electron chi connectivity index (χ2n) is 5.64. The predicted molar refractivity (Wildman–Crippen MR) is 89.4 cm³/mol. The van der Waals surface area contributed by atoms with Crippen molar-refractivity contribution in [3.8, 4) is 5.75 Å². The number of benzene rings is 1. The Morgan fingerprint density at radius 2 is 1.83 bits per heavy atom. The Morgan fingerprint density at radius 3 is 2.35 bits per heavy atom. The highest BCUT2D eigenvalue weighted by Crippen LogP contribution is 2.13. The number of methoxy groups -OCH3 is 2. The van der Waals surface area contributed by atoms with E-state index in [1.54, 1.807) is 18.9 Å². The van der Waals surface area contributed by atoms with Crippen LogP contribution in [0.4, 0.5) is 0 Å². The minimum atomic E-state index is -0.323. The first-order valence-electron chi connectivity index (χ1n) is 8.00. The fourth-order valence-electron chi connectivity index (χ4n) is 2.30. The van der Waals surface area contributed by atoms with E-state index in [1.165, 1.54) is 7.11 Å². The van der Waals surface area contributed by atoms with Gasteiger partial charge in [0.05, 0.1) is 26.6 Å². The zero-order valence-electron chi connectivity index (χ0n) is 14.5. The van der Waals surface area contributed by atoms with Gasteiger partial charge in [0.15, 0.2) is 0 Å². The molecule has 1 rings (SSSR count). The second-order valence-corrected chi connectivity index (χ2v) is 5.64. The van der Waals surface area contributed by atoms with Crippen molar-refractivity contribution in [2.75, 3.05) is 27.3 Å². The van der Waals surface area contributed by atoms with Gasteiger partial charge >= 0.3 is 5.97 Å². The number of nitrogens with zero attached hydrogens (tertiary/aromatic N) is 1. The molecule has 128 valence electrons. The van der Waals surface area contributed by atoms with Gasteiger partial charge in [0, 0.05) is 13.1 Å². The van der Waals surface area contributed by atoms with Crippen molar-refractivity contribution in [1.82, 2.24) is 4.90 Å². The number of unbranched alkanes of at least 4 members (excludes halogenated alkanes) is 1. The summed E-state index contributed by atoms with van der Waals surface area (Å²) in [5.41, 5.74) is 0.933.